The normalized spacial score (nSPS) is 15.0. The number of aryl methyl sites for hydroxylation is 1. The smallest absolute Gasteiger partial charge is 0.233 e. The van der Waals surface area contributed by atoms with Gasteiger partial charge in [0.25, 0.3) is 0 Å². The van der Waals surface area contributed by atoms with Gasteiger partial charge in [-0.05, 0) is 38.7 Å². The maximum Gasteiger partial charge on any atom is 0.233 e. The number of nitrogens with zero attached hydrogens (tertiary/aromatic N) is 4. The molecule has 3 aromatic heterocycles. The molecule has 7 heteroatoms. The molecule has 1 aliphatic rings. The molecule has 1 aliphatic carbocycles. The van der Waals surface area contributed by atoms with Crippen LogP contribution in [-0.2, 0) is 6.42 Å². The van der Waals surface area contributed by atoms with E-state index in [1.54, 1.807) is 6.20 Å². The van der Waals surface area contributed by atoms with Gasteiger partial charge < -0.3 is 13.8 Å². The topological polar surface area (TPSA) is 87.1 Å². The Labute approximate surface area is 139 Å². The van der Waals surface area contributed by atoms with Crippen molar-refractivity contribution in [1.82, 2.24) is 20.3 Å². The first-order valence-electron chi connectivity index (χ1n) is 8.14. The minimum Gasteiger partial charge on any atom is -0.474 e. The van der Waals surface area contributed by atoms with E-state index >= 15 is 0 Å². The van der Waals surface area contributed by atoms with Crippen molar-refractivity contribution in [3.63, 3.8) is 0 Å². The molecule has 4 rings (SSSR count). The van der Waals surface area contributed by atoms with Gasteiger partial charge in [0.05, 0.1) is 12.1 Å². The molecule has 124 valence electrons. The van der Waals surface area contributed by atoms with Crippen molar-refractivity contribution in [1.29, 1.82) is 0 Å². The van der Waals surface area contributed by atoms with E-state index in [2.05, 4.69) is 20.3 Å². The first-order valence-corrected chi connectivity index (χ1v) is 8.14. The van der Waals surface area contributed by atoms with E-state index in [1.807, 2.05) is 25.1 Å². The summed E-state index contributed by atoms with van der Waals surface area (Å²) in [4.78, 5) is 8.72. The lowest BCUT2D eigenvalue weighted by atomic mass is 10.2. The van der Waals surface area contributed by atoms with Crippen molar-refractivity contribution in [2.24, 2.45) is 0 Å². The summed E-state index contributed by atoms with van der Waals surface area (Å²) in [7, 11) is 0. The van der Waals surface area contributed by atoms with Crippen molar-refractivity contribution in [2.75, 3.05) is 0 Å². The highest BCUT2D eigenvalue weighted by Gasteiger charge is 2.17. The molecule has 0 aliphatic heterocycles. The van der Waals surface area contributed by atoms with Gasteiger partial charge in [0.2, 0.25) is 17.6 Å². The SMILES string of the molecule is Cc1cc(Cc2nc(-c3ccc(OC4CCCC4)nc3)no2)no1. The van der Waals surface area contributed by atoms with Gasteiger partial charge in [-0.25, -0.2) is 4.98 Å². The third kappa shape index (κ3) is 3.29. The number of aromatic nitrogens is 4. The molecule has 1 fully saturated rings. The molecule has 0 radical (unpaired) electrons. The number of hydrogen-bond donors (Lipinski definition) is 0. The predicted molar refractivity (Wildman–Crippen MR) is 84.5 cm³/mol. The van der Waals surface area contributed by atoms with Crippen LogP contribution in [0, 0.1) is 6.92 Å². The Bertz CT molecular complexity index is 803. The molecule has 0 bridgehead atoms. The molecule has 0 saturated heterocycles. The standard InChI is InChI=1S/C17H18N4O3/c1-11-8-13(20-23-11)9-16-19-17(21-24-16)12-6-7-15(18-10-12)22-14-4-2-3-5-14/h6-8,10,14H,2-5,9H2,1H3. The zero-order valence-corrected chi connectivity index (χ0v) is 13.4. The van der Waals surface area contributed by atoms with Crippen molar-refractivity contribution in [3.05, 3.63) is 41.7 Å². The minimum absolute atomic E-state index is 0.297. The molecular weight excluding hydrogens is 308 g/mol. The van der Waals surface area contributed by atoms with Crippen LogP contribution >= 0.6 is 0 Å². The average Bonchev–Trinajstić information content (AvgIpc) is 3.32. The summed E-state index contributed by atoms with van der Waals surface area (Å²) >= 11 is 0. The van der Waals surface area contributed by atoms with Crippen LogP contribution in [0.3, 0.4) is 0 Å². The molecule has 24 heavy (non-hydrogen) atoms. The molecule has 0 unspecified atom stereocenters. The summed E-state index contributed by atoms with van der Waals surface area (Å²) in [6.45, 7) is 1.84. The van der Waals surface area contributed by atoms with E-state index in [0.717, 1.165) is 29.9 Å². The zero-order valence-electron chi connectivity index (χ0n) is 13.4. The van der Waals surface area contributed by atoms with Gasteiger partial charge in [-0.1, -0.05) is 10.3 Å². The predicted octanol–water partition coefficient (Wildman–Crippen LogP) is 3.34. The molecule has 0 atom stereocenters. The Morgan fingerprint density at radius 2 is 2.04 bits per heavy atom. The number of hydrogen-bond acceptors (Lipinski definition) is 7. The van der Waals surface area contributed by atoms with E-state index < -0.39 is 0 Å². The highest BCUT2D eigenvalue weighted by atomic mass is 16.5. The number of rotatable bonds is 5. The Morgan fingerprint density at radius 3 is 2.75 bits per heavy atom. The van der Waals surface area contributed by atoms with E-state index in [9.17, 15) is 0 Å². The lowest BCUT2D eigenvalue weighted by molar-refractivity contribution is 0.201. The monoisotopic (exact) mass is 326 g/mol. The van der Waals surface area contributed by atoms with Gasteiger partial charge in [0, 0.05) is 23.9 Å². The Morgan fingerprint density at radius 1 is 1.17 bits per heavy atom. The van der Waals surface area contributed by atoms with Crippen molar-refractivity contribution >= 4 is 0 Å². The largest absolute Gasteiger partial charge is 0.474 e. The molecular formula is C17H18N4O3. The minimum atomic E-state index is 0.297. The summed E-state index contributed by atoms with van der Waals surface area (Å²) in [6, 6.07) is 5.59. The quantitative estimate of drug-likeness (QED) is 0.710. The lowest BCUT2D eigenvalue weighted by Crippen LogP contribution is -2.11. The van der Waals surface area contributed by atoms with Crippen molar-refractivity contribution in [3.8, 4) is 17.3 Å². The van der Waals surface area contributed by atoms with Gasteiger partial charge in [0.15, 0.2) is 0 Å². The van der Waals surface area contributed by atoms with E-state index in [-0.39, 0.29) is 0 Å². The Hall–Kier alpha value is -2.70. The second kappa shape index (κ2) is 6.43. The molecule has 0 amide bonds. The van der Waals surface area contributed by atoms with Gasteiger partial charge in [-0.2, -0.15) is 4.98 Å². The fourth-order valence-electron chi connectivity index (χ4n) is 2.86. The maximum absolute atomic E-state index is 5.86. The summed E-state index contributed by atoms with van der Waals surface area (Å²) in [6.07, 6.45) is 7.14. The number of pyridine rings is 1. The third-order valence-corrected chi connectivity index (χ3v) is 4.06. The summed E-state index contributed by atoms with van der Waals surface area (Å²) in [5, 5.41) is 7.92. The van der Waals surface area contributed by atoms with Gasteiger partial charge in [-0.3, -0.25) is 0 Å². The fourth-order valence-corrected chi connectivity index (χ4v) is 2.86. The first kappa shape index (κ1) is 14.9. The van der Waals surface area contributed by atoms with Crippen LogP contribution in [-0.4, -0.2) is 26.4 Å². The Balaban J connectivity index is 1.43. The third-order valence-electron chi connectivity index (χ3n) is 4.06. The molecule has 1 saturated carbocycles. The number of ether oxygens (including phenoxy) is 1. The second-order valence-electron chi connectivity index (χ2n) is 6.03. The van der Waals surface area contributed by atoms with Gasteiger partial charge in [-0.15, -0.1) is 0 Å². The first-order chi connectivity index (χ1) is 11.8. The molecule has 3 heterocycles. The zero-order chi connectivity index (χ0) is 16.4. The summed E-state index contributed by atoms with van der Waals surface area (Å²) in [5.41, 5.74) is 1.56. The highest BCUT2D eigenvalue weighted by Crippen LogP contribution is 2.24. The van der Waals surface area contributed by atoms with Gasteiger partial charge >= 0.3 is 0 Å². The Kier molecular flexibility index (Phi) is 3.98. The van der Waals surface area contributed by atoms with Gasteiger partial charge in [0.1, 0.15) is 11.9 Å². The van der Waals surface area contributed by atoms with Crippen LogP contribution in [0.15, 0.2) is 33.4 Å². The molecule has 0 aromatic carbocycles. The molecule has 0 N–H and O–H groups in total. The van der Waals surface area contributed by atoms with Crippen LogP contribution < -0.4 is 4.74 Å². The molecule has 7 nitrogen and oxygen atoms in total. The van der Waals surface area contributed by atoms with E-state index in [4.69, 9.17) is 13.8 Å². The molecule has 0 spiro atoms. The van der Waals surface area contributed by atoms with Crippen LogP contribution in [0.1, 0.15) is 43.0 Å². The maximum atomic E-state index is 5.86. The molecule has 3 aromatic rings. The summed E-state index contributed by atoms with van der Waals surface area (Å²) in [5.74, 6) is 2.40. The second-order valence-corrected chi connectivity index (χ2v) is 6.03. The van der Waals surface area contributed by atoms with Crippen LogP contribution in [0.2, 0.25) is 0 Å². The van der Waals surface area contributed by atoms with Crippen molar-refractivity contribution < 1.29 is 13.8 Å². The van der Waals surface area contributed by atoms with Crippen LogP contribution in [0.4, 0.5) is 0 Å². The average molecular weight is 326 g/mol. The van der Waals surface area contributed by atoms with Crippen LogP contribution in [0.5, 0.6) is 5.88 Å². The fraction of sp³-hybridized carbons (Fsp3) is 0.412. The van der Waals surface area contributed by atoms with Crippen molar-refractivity contribution in [2.45, 2.75) is 45.1 Å². The lowest BCUT2D eigenvalue weighted by Gasteiger charge is -2.11. The van der Waals surface area contributed by atoms with E-state index in [0.29, 0.717) is 30.1 Å². The summed E-state index contributed by atoms with van der Waals surface area (Å²) < 4.78 is 16.2. The van der Waals surface area contributed by atoms with Crippen LogP contribution in [0.25, 0.3) is 11.4 Å². The van der Waals surface area contributed by atoms with E-state index in [1.165, 1.54) is 12.8 Å². The highest BCUT2D eigenvalue weighted by molar-refractivity contribution is 5.53.